The SMILES string of the molecule is CNC(N)C(/C=N\CC(C)(C)C)C(O)N(CC(C)C)[C@H]1C[C@@H](C(O)N2CCC(C(C)(C)O)CC2)CN(C(=O)OC(C)(C)C)C1. The van der Waals surface area contributed by atoms with Crippen LogP contribution >= 0.6 is 0 Å². The van der Waals surface area contributed by atoms with Gasteiger partial charge in [-0.15, -0.1) is 0 Å². The van der Waals surface area contributed by atoms with E-state index in [-0.39, 0.29) is 29.2 Å². The molecule has 0 aromatic heterocycles. The van der Waals surface area contributed by atoms with Crippen LogP contribution in [0.3, 0.4) is 0 Å². The Morgan fingerprint density at radius 3 is 2.16 bits per heavy atom. The highest BCUT2D eigenvalue weighted by Gasteiger charge is 2.43. The highest BCUT2D eigenvalue weighted by molar-refractivity contribution is 5.68. The van der Waals surface area contributed by atoms with Gasteiger partial charge in [0.2, 0.25) is 0 Å². The number of hydrogen-bond donors (Lipinski definition) is 5. The summed E-state index contributed by atoms with van der Waals surface area (Å²) in [5.74, 6) is -0.355. The van der Waals surface area contributed by atoms with E-state index in [0.29, 0.717) is 45.7 Å². The van der Waals surface area contributed by atoms with Gasteiger partial charge >= 0.3 is 6.09 Å². The largest absolute Gasteiger partial charge is 0.444 e. The minimum atomic E-state index is -0.965. The molecule has 0 aromatic carbocycles. The normalized spacial score (nSPS) is 24.6. The molecule has 2 aliphatic rings. The molecule has 44 heavy (non-hydrogen) atoms. The Hall–Kier alpha value is -1.34. The Morgan fingerprint density at radius 2 is 1.68 bits per heavy atom. The summed E-state index contributed by atoms with van der Waals surface area (Å²) < 4.78 is 5.79. The minimum absolute atomic E-state index is 0.00456. The maximum atomic E-state index is 13.4. The number of carbonyl (C=O) groups excluding carboxylic acids is 1. The molecule has 2 saturated heterocycles. The molecule has 11 nitrogen and oxygen atoms in total. The molecule has 1 amide bonds. The van der Waals surface area contributed by atoms with Crippen molar-refractivity contribution in [3.8, 4) is 0 Å². The van der Waals surface area contributed by atoms with Gasteiger partial charge in [-0.2, -0.15) is 0 Å². The first-order valence-electron chi connectivity index (χ1n) is 16.6. The fraction of sp³-hybridized carbons (Fsp3) is 0.939. The van der Waals surface area contributed by atoms with Crippen molar-refractivity contribution < 1.29 is 24.9 Å². The molecule has 11 heteroatoms. The Balaban J connectivity index is 2.41. The highest BCUT2D eigenvalue weighted by atomic mass is 16.6. The fourth-order valence-electron chi connectivity index (χ4n) is 6.32. The summed E-state index contributed by atoms with van der Waals surface area (Å²) in [5, 5.41) is 37.3. The molecule has 0 aliphatic carbocycles. The Bertz CT molecular complexity index is 904. The Labute approximate surface area is 267 Å². The number of aliphatic imine (C=N–C) groups is 1. The lowest BCUT2D eigenvalue weighted by molar-refractivity contribution is -0.119. The number of rotatable bonds is 12. The smallest absolute Gasteiger partial charge is 0.410 e. The van der Waals surface area contributed by atoms with Gasteiger partial charge in [0.15, 0.2) is 0 Å². The molecule has 6 N–H and O–H groups in total. The summed E-state index contributed by atoms with van der Waals surface area (Å²) in [4.78, 5) is 23.9. The van der Waals surface area contributed by atoms with Crippen LogP contribution in [0.2, 0.25) is 0 Å². The van der Waals surface area contributed by atoms with E-state index in [0.717, 1.165) is 12.8 Å². The first kappa shape index (κ1) is 38.8. The number of aliphatic hydroxyl groups is 3. The van der Waals surface area contributed by atoms with Gasteiger partial charge in [-0.3, -0.25) is 14.8 Å². The second-order valence-corrected chi connectivity index (χ2v) is 16.4. The summed E-state index contributed by atoms with van der Waals surface area (Å²) in [6, 6.07) is -0.246. The lowest BCUT2D eigenvalue weighted by Crippen LogP contribution is -2.62. The summed E-state index contributed by atoms with van der Waals surface area (Å²) in [6.45, 7) is 23.0. The van der Waals surface area contributed by atoms with Crippen molar-refractivity contribution in [2.75, 3.05) is 46.3 Å². The van der Waals surface area contributed by atoms with Crippen molar-refractivity contribution in [3.05, 3.63) is 0 Å². The lowest BCUT2D eigenvalue weighted by atomic mass is 9.82. The van der Waals surface area contributed by atoms with Crippen LogP contribution in [-0.2, 0) is 4.74 Å². The van der Waals surface area contributed by atoms with Crippen molar-refractivity contribution in [2.45, 2.75) is 124 Å². The van der Waals surface area contributed by atoms with E-state index in [2.05, 4.69) is 49.8 Å². The number of hydrogen-bond acceptors (Lipinski definition) is 10. The molecule has 0 bridgehead atoms. The number of nitrogens with zero attached hydrogens (tertiary/aromatic N) is 4. The lowest BCUT2D eigenvalue weighted by Gasteiger charge is -2.49. The van der Waals surface area contributed by atoms with E-state index in [1.807, 2.05) is 39.5 Å². The molecule has 2 rings (SSSR count). The van der Waals surface area contributed by atoms with Crippen molar-refractivity contribution in [2.24, 2.45) is 39.8 Å². The van der Waals surface area contributed by atoms with Gasteiger partial charge in [-0.05, 0) is 78.2 Å². The maximum absolute atomic E-state index is 13.4. The topological polar surface area (TPSA) is 147 Å². The van der Waals surface area contributed by atoms with Gasteiger partial charge < -0.3 is 36.0 Å². The van der Waals surface area contributed by atoms with E-state index in [1.54, 1.807) is 18.2 Å². The van der Waals surface area contributed by atoms with Crippen LogP contribution in [0.15, 0.2) is 4.99 Å². The number of nitrogens with one attached hydrogen (secondary N) is 1. The predicted molar refractivity (Wildman–Crippen MR) is 177 cm³/mol. The summed E-state index contributed by atoms with van der Waals surface area (Å²) in [5.41, 5.74) is 5.06. The molecular formula is C33H66N6O5. The number of aliphatic hydroxyl groups excluding tert-OH is 2. The first-order valence-corrected chi connectivity index (χ1v) is 16.6. The van der Waals surface area contributed by atoms with Gasteiger partial charge in [-0.25, -0.2) is 4.79 Å². The van der Waals surface area contributed by atoms with Gasteiger partial charge in [-0.1, -0.05) is 34.6 Å². The zero-order valence-corrected chi connectivity index (χ0v) is 29.6. The molecule has 258 valence electrons. The number of amides is 1. The second-order valence-electron chi connectivity index (χ2n) is 16.4. The molecule has 2 heterocycles. The first-order chi connectivity index (χ1) is 20.1. The van der Waals surface area contributed by atoms with Gasteiger partial charge in [0.1, 0.15) is 18.1 Å². The zero-order valence-electron chi connectivity index (χ0n) is 29.6. The molecule has 0 saturated carbocycles. The minimum Gasteiger partial charge on any atom is -0.444 e. The van der Waals surface area contributed by atoms with Gasteiger partial charge in [0.05, 0.1) is 17.7 Å². The van der Waals surface area contributed by atoms with Crippen LogP contribution in [0, 0.1) is 29.1 Å². The predicted octanol–water partition coefficient (Wildman–Crippen LogP) is 2.93. The van der Waals surface area contributed by atoms with Crippen LogP contribution in [0.4, 0.5) is 4.79 Å². The van der Waals surface area contributed by atoms with Crippen LogP contribution < -0.4 is 11.1 Å². The Morgan fingerprint density at radius 1 is 1.09 bits per heavy atom. The number of carbonyl (C=O) groups is 1. The molecule has 2 fully saturated rings. The van der Waals surface area contributed by atoms with Crippen molar-refractivity contribution in [1.82, 2.24) is 20.0 Å². The van der Waals surface area contributed by atoms with Crippen LogP contribution in [0.5, 0.6) is 0 Å². The van der Waals surface area contributed by atoms with Crippen molar-refractivity contribution in [3.63, 3.8) is 0 Å². The van der Waals surface area contributed by atoms with E-state index < -0.39 is 41.8 Å². The van der Waals surface area contributed by atoms with Gasteiger partial charge in [0, 0.05) is 57.4 Å². The monoisotopic (exact) mass is 627 g/mol. The number of likely N-dealkylation sites (tertiary alicyclic amines) is 2. The molecule has 4 unspecified atom stereocenters. The third-order valence-electron chi connectivity index (χ3n) is 8.76. The fourth-order valence-corrected chi connectivity index (χ4v) is 6.32. The standard InChI is InChI=1S/C33H66N6O5/c1-22(2)18-39(29(41)26(27(34)35-11)17-36-21-31(3,4)5)25-16-23(19-38(20-25)30(42)44-32(6,7)8)28(40)37-14-12-24(13-15-37)33(9,10)43/h17,22-29,35,40-41,43H,12-16,18-21,34H2,1-11H3/b36-17-/t23-,25+,26?,27?,28?,29?/m1/s1. The maximum Gasteiger partial charge on any atom is 0.410 e. The number of ether oxygens (including phenoxy) is 1. The van der Waals surface area contributed by atoms with Crippen molar-refractivity contribution >= 4 is 12.3 Å². The van der Waals surface area contributed by atoms with E-state index in [1.165, 1.54) is 0 Å². The summed E-state index contributed by atoms with van der Waals surface area (Å²) in [6.07, 6.45) is 1.26. The van der Waals surface area contributed by atoms with Gasteiger partial charge in [0.25, 0.3) is 0 Å². The van der Waals surface area contributed by atoms with E-state index in [4.69, 9.17) is 10.5 Å². The molecular weight excluding hydrogens is 560 g/mol. The molecule has 2 aliphatic heterocycles. The van der Waals surface area contributed by atoms with Crippen LogP contribution in [0.1, 0.15) is 88.5 Å². The number of nitrogens with two attached hydrogens (primary N) is 1. The van der Waals surface area contributed by atoms with Crippen LogP contribution in [-0.4, -0.2) is 125 Å². The molecule has 0 radical (unpaired) electrons. The molecule has 0 aromatic rings. The third kappa shape index (κ3) is 12.1. The average molecular weight is 627 g/mol. The Kier molecular flexibility index (Phi) is 14.1. The van der Waals surface area contributed by atoms with Crippen LogP contribution in [0.25, 0.3) is 0 Å². The number of piperidine rings is 2. The highest BCUT2D eigenvalue weighted by Crippen LogP contribution is 2.33. The third-order valence-corrected chi connectivity index (χ3v) is 8.76. The summed E-state index contributed by atoms with van der Waals surface area (Å²) in [7, 11) is 1.77. The second kappa shape index (κ2) is 16.0. The van der Waals surface area contributed by atoms with Crippen molar-refractivity contribution in [1.29, 1.82) is 0 Å². The quantitative estimate of drug-likeness (QED) is 0.163. The van der Waals surface area contributed by atoms with E-state index in [9.17, 15) is 20.1 Å². The summed E-state index contributed by atoms with van der Waals surface area (Å²) >= 11 is 0. The molecule has 0 spiro atoms. The molecule has 6 atom stereocenters. The van der Waals surface area contributed by atoms with E-state index >= 15 is 0 Å². The average Bonchev–Trinajstić information content (AvgIpc) is 2.90. The zero-order chi connectivity index (χ0) is 33.6.